The largest absolute Gasteiger partial charge is 0.326 e. The van der Waals surface area contributed by atoms with Gasteiger partial charge in [0.15, 0.2) is 0 Å². The van der Waals surface area contributed by atoms with E-state index in [1.165, 1.54) is 6.92 Å². The second-order valence-corrected chi connectivity index (χ2v) is 10.1. The maximum atomic E-state index is 10.9. The molecular formula is C13H19NOSi. The highest BCUT2D eigenvalue weighted by atomic mass is 28.3. The smallest absolute Gasteiger partial charge is 0.221 e. The molecule has 1 amide bonds. The Morgan fingerprint density at radius 2 is 2.00 bits per heavy atom. The van der Waals surface area contributed by atoms with E-state index >= 15 is 0 Å². The molecule has 0 saturated carbocycles. The van der Waals surface area contributed by atoms with Crippen molar-refractivity contribution in [3.63, 3.8) is 0 Å². The van der Waals surface area contributed by atoms with Gasteiger partial charge >= 0.3 is 0 Å². The predicted molar refractivity (Wildman–Crippen MR) is 73.1 cm³/mol. The van der Waals surface area contributed by atoms with Gasteiger partial charge in [0.05, 0.1) is 8.07 Å². The van der Waals surface area contributed by atoms with Crippen LogP contribution in [0.25, 0.3) is 6.08 Å². The minimum absolute atomic E-state index is 0.0358. The summed E-state index contributed by atoms with van der Waals surface area (Å²) in [5, 5.41) is 2.78. The topological polar surface area (TPSA) is 29.1 Å². The summed E-state index contributed by atoms with van der Waals surface area (Å²) in [6.45, 7) is 8.40. The highest BCUT2D eigenvalue weighted by Crippen LogP contribution is 2.13. The summed E-state index contributed by atoms with van der Waals surface area (Å²) >= 11 is 0. The Morgan fingerprint density at radius 3 is 2.56 bits per heavy atom. The van der Waals surface area contributed by atoms with Crippen LogP contribution in [0.4, 0.5) is 5.69 Å². The normalized spacial score (nSPS) is 11.8. The molecule has 3 heteroatoms. The Hall–Kier alpha value is -1.35. The Labute approximate surface area is 98.4 Å². The van der Waals surface area contributed by atoms with E-state index in [1.807, 2.05) is 24.3 Å². The molecule has 0 heterocycles. The first kappa shape index (κ1) is 12.7. The standard InChI is InChI=1S/C13H19NOSi/c1-11(15)14-13-7-5-6-12(10-13)8-9-16(2,3)4/h5-10H,1-4H3,(H,14,15)/b9-8+. The Morgan fingerprint density at radius 1 is 1.31 bits per heavy atom. The molecule has 0 aromatic heterocycles. The Balaban J connectivity index is 2.82. The molecule has 1 aromatic carbocycles. The van der Waals surface area contributed by atoms with E-state index in [1.54, 1.807) is 0 Å². The van der Waals surface area contributed by atoms with Crippen LogP contribution in [0, 0.1) is 0 Å². The summed E-state index contributed by atoms with van der Waals surface area (Å²) in [6.07, 6.45) is 2.14. The highest BCUT2D eigenvalue weighted by Gasteiger charge is 2.06. The lowest BCUT2D eigenvalue weighted by molar-refractivity contribution is -0.114. The average molecular weight is 233 g/mol. The van der Waals surface area contributed by atoms with Crippen LogP contribution in [-0.2, 0) is 4.79 Å². The van der Waals surface area contributed by atoms with Gasteiger partial charge in [-0.15, -0.1) is 0 Å². The van der Waals surface area contributed by atoms with Crippen LogP contribution in [0.1, 0.15) is 12.5 Å². The van der Waals surface area contributed by atoms with E-state index in [9.17, 15) is 4.79 Å². The highest BCUT2D eigenvalue weighted by molar-refractivity contribution is 6.81. The minimum atomic E-state index is -1.16. The number of benzene rings is 1. The lowest BCUT2D eigenvalue weighted by Crippen LogP contribution is -2.15. The number of carbonyl (C=O) groups excluding carboxylic acids is 1. The van der Waals surface area contributed by atoms with Gasteiger partial charge < -0.3 is 5.32 Å². The van der Waals surface area contributed by atoms with Crippen LogP contribution >= 0.6 is 0 Å². The fraction of sp³-hybridized carbons (Fsp3) is 0.308. The summed E-state index contributed by atoms with van der Waals surface area (Å²) in [6, 6.07) is 7.88. The van der Waals surface area contributed by atoms with Crippen molar-refractivity contribution in [1.82, 2.24) is 0 Å². The molecule has 0 aliphatic carbocycles. The molecule has 1 rings (SSSR count). The van der Waals surface area contributed by atoms with Crippen LogP contribution in [0.15, 0.2) is 30.0 Å². The molecule has 2 nitrogen and oxygen atoms in total. The molecular weight excluding hydrogens is 214 g/mol. The number of nitrogens with one attached hydrogen (secondary N) is 1. The summed E-state index contributed by atoms with van der Waals surface area (Å²) in [5.74, 6) is -0.0358. The zero-order valence-electron chi connectivity index (χ0n) is 10.4. The quantitative estimate of drug-likeness (QED) is 0.795. The van der Waals surface area contributed by atoms with Crippen molar-refractivity contribution in [2.45, 2.75) is 26.6 Å². The number of hydrogen-bond donors (Lipinski definition) is 1. The fourth-order valence-corrected chi connectivity index (χ4v) is 1.96. The van der Waals surface area contributed by atoms with E-state index in [-0.39, 0.29) is 5.91 Å². The van der Waals surface area contributed by atoms with Crippen LogP contribution in [-0.4, -0.2) is 14.0 Å². The summed E-state index contributed by atoms with van der Waals surface area (Å²) in [5.41, 5.74) is 4.28. The van der Waals surface area contributed by atoms with Crippen LogP contribution in [0.2, 0.25) is 19.6 Å². The molecule has 0 fully saturated rings. The number of anilines is 1. The number of carbonyl (C=O) groups is 1. The van der Waals surface area contributed by atoms with Gasteiger partial charge in [0.2, 0.25) is 5.91 Å². The van der Waals surface area contributed by atoms with Crippen LogP contribution in [0.5, 0.6) is 0 Å². The van der Waals surface area contributed by atoms with E-state index < -0.39 is 8.07 Å². The lowest BCUT2D eigenvalue weighted by atomic mass is 10.2. The van der Waals surface area contributed by atoms with Crippen molar-refractivity contribution >= 4 is 25.7 Å². The third-order valence-corrected chi connectivity index (χ3v) is 3.15. The zero-order valence-corrected chi connectivity index (χ0v) is 11.4. The van der Waals surface area contributed by atoms with Gasteiger partial charge in [-0.25, -0.2) is 0 Å². The maximum Gasteiger partial charge on any atom is 0.221 e. The molecule has 1 aromatic rings. The van der Waals surface area contributed by atoms with Gasteiger partial charge in [0.25, 0.3) is 0 Å². The van der Waals surface area contributed by atoms with Crippen molar-refractivity contribution in [3.05, 3.63) is 35.5 Å². The number of hydrogen-bond acceptors (Lipinski definition) is 1. The predicted octanol–water partition coefficient (Wildman–Crippen LogP) is 3.54. The third kappa shape index (κ3) is 4.93. The molecule has 0 radical (unpaired) electrons. The van der Waals surface area contributed by atoms with Crippen LogP contribution in [0.3, 0.4) is 0 Å². The first-order valence-corrected chi connectivity index (χ1v) is 9.01. The van der Waals surface area contributed by atoms with E-state index in [0.29, 0.717) is 0 Å². The average Bonchev–Trinajstić information content (AvgIpc) is 2.13. The lowest BCUT2D eigenvalue weighted by Gasteiger charge is -2.08. The van der Waals surface area contributed by atoms with Crippen LogP contribution < -0.4 is 5.32 Å². The SMILES string of the molecule is CC(=O)Nc1cccc(/C=C/[Si](C)(C)C)c1. The van der Waals surface area contributed by atoms with Gasteiger partial charge in [-0.05, 0) is 17.7 Å². The Kier molecular flexibility index (Phi) is 4.07. The number of amides is 1. The van der Waals surface area contributed by atoms with E-state index in [2.05, 4.69) is 36.7 Å². The molecule has 0 unspecified atom stereocenters. The van der Waals surface area contributed by atoms with Gasteiger partial charge in [-0.3, -0.25) is 4.79 Å². The maximum absolute atomic E-state index is 10.9. The zero-order chi connectivity index (χ0) is 12.2. The molecule has 0 spiro atoms. The second kappa shape index (κ2) is 5.12. The van der Waals surface area contributed by atoms with Gasteiger partial charge in [-0.2, -0.15) is 0 Å². The summed E-state index contributed by atoms with van der Waals surface area (Å²) in [4.78, 5) is 10.9. The van der Waals surface area contributed by atoms with Gasteiger partial charge in [-0.1, -0.05) is 43.5 Å². The molecule has 16 heavy (non-hydrogen) atoms. The van der Waals surface area contributed by atoms with Gasteiger partial charge in [0, 0.05) is 12.6 Å². The first-order chi connectivity index (χ1) is 7.37. The van der Waals surface area contributed by atoms with Crippen molar-refractivity contribution in [1.29, 1.82) is 0 Å². The molecule has 0 bridgehead atoms. The van der Waals surface area contributed by atoms with Crippen molar-refractivity contribution < 1.29 is 4.79 Å². The minimum Gasteiger partial charge on any atom is -0.326 e. The number of rotatable bonds is 3. The molecule has 86 valence electrons. The molecule has 0 saturated heterocycles. The molecule has 0 aliphatic rings. The van der Waals surface area contributed by atoms with Crippen molar-refractivity contribution in [3.8, 4) is 0 Å². The van der Waals surface area contributed by atoms with E-state index in [4.69, 9.17) is 0 Å². The first-order valence-electron chi connectivity index (χ1n) is 5.44. The second-order valence-electron chi connectivity index (χ2n) is 5.01. The molecule has 1 N–H and O–H groups in total. The monoisotopic (exact) mass is 233 g/mol. The summed E-state index contributed by atoms with van der Waals surface area (Å²) in [7, 11) is -1.16. The third-order valence-electron chi connectivity index (χ3n) is 1.98. The van der Waals surface area contributed by atoms with E-state index in [0.717, 1.165) is 11.3 Å². The Bertz CT molecular complexity index is 405. The van der Waals surface area contributed by atoms with Crippen molar-refractivity contribution in [2.75, 3.05) is 5.32 Å². The van der Waals surface area contributed by atoms with Crippen molar-refractivity contribution in [2.24, 2.45) is 0 Å². The fourth-order valence-electron chi connectivity index (χ4n) is 1.27. The molecule has 0 aliphatic heterocycles. The summed E-state index contributed by atoms with van der Waals surface area (Å²) < 4.78 is 0. The van der Waals surface area contributed by atoms with Gasteiger partial charge in [0.1, 0.15) is 0 Å². The molecule has 0 atom stereocenters.